The maximum atomic E-state index is 12.9. The molecule has 1 aromatic carbocycles. The largest absolute Gasteiger partial charge is 0.490 e. The zero-order valence-corrected chi connectivity index (χ0v) is 18.4. The molecular weight excluding hydrogens is 392 g/mol. The highest BCUT2D eigenvalue weighted by Gasteiger charge is 2.24. The number of anilines is 1. The van der Waals surface area contributed by atoms with Crippen LogP contribution in [0.15, 0.2) is 42.6 Å². The molecule has 0 aliphatic carbocycles. The van der Waals surface area contributed by atoms with Gasteiger partial charge in [0.15, 0.2) is 11.5 Å². The number of carbonyl (C=O) groups is 1. The number of hydrogen-bond donors (Lipinski definition) is 1. The molecule has 7 heteroatoms. The number of amides is 1. The highest BCUT2D eigenvalue weighted by Crippen LogP contribution is 2.34. The summed E-state index contributed by atoms with van der Waals surface area (Å²) in [6, 6.07) is 12.1. The Bertz CT molecular complexity index is 866. The van der Waals surface area contributed by atoms with Crippen LogP contribution in [0.25, 0.3) is 0 Å². The van der Waals surface area contributed by atoms with Crippen molar-refractivity contribution in [2.75, 3.05) is 50.8 Å². The molecule has 0 unspecified atom stereocenters. The molecule has 31 heavy (non-hydrogen) atoms. The summed E-state index contributed by atoms with van der Waals surface area (Å²) in [5, 5.41) is 3.48. The molecule has 1 saturated heterocycles. The van der Waals surface area contributed by atoms with E-state index in [0.29, 0.717) is 38.8 Å². The number of hydrogen-bond acceptors (Lipinski definition) is 6. The minimum absolute atomic E-state index is 0.0657. The molecular formula is C24H32N4O3. The van der Waals surface area contributed by atoms with E-state index in [-0.39, 0.29) is 11.9 Å². The number of ether oxygens (including phenoxy) is 2. The van der Waals surface area contributed by atoms with Crippen LogP contribution in [0.4, 0.5) is 5.82 Å². The van der Waals surface area contributed by atoms with Gasteiger partial charge < -0.3 is 24.6 Å². The Morgan fingerprint density at radius 3 is 2.55 bits per heavy atom. The maximum Gasteiger partial charge on any atom is 0.236 e. The Kier molecular flexibility index (Phi) is 6.92. The number of aromatic nitrogens is 1. The molecule has 0 radical (unpaired) electrons. The Hall–Kier alpha value is -2.80. The first kappa shape index (κ1) is 21.4. The van der Waals surface area contributed by atoms with Gasteiger partial charge in [0.1, 0.15) is 5.82 Å². The first-order valence-corrected chi connectivity index (χ1v) is 11.2. The van der Waals surface area contributed by atoms with E-state index in [1.807, 2.05) is 35.4 Å². The average molecular weight is 425 g/mol. The molecule has 1 aromatic heterocycles. The third kappa shape index (κ3) is 5.28. The van der Waals surface area contributed by atoms with Gasteiger partial charge >= 0.3 is 0 Å². The number of fused-ring (bicyclic) bond motifs is 1. The van der Waals surface area contributed by atoms with E-state index in [9.17, 15) is 4.79 Å². The van der Waals surface area contributed by atoms with Crippen molar-refractivity contribution in [1.29, 1.82) is 0 Å². The van der Waals surface area contributed by atoms with Crippen LogP contribution in [0.5, 0.6) is 11.5 Å². The van der Waals surface area contributed by atoms with E-state index in [4.69, 9.17) is 9.47 Å². The van der Waals surface area contributed by atoms with Gasteiger partial charge in [0.25, 0.3) is 0 Å². The number of nitrogens with zero attached hydrogens (tertiary/aromatic N) is 3. The maximum absolute atomic E-state index is 12.9. The number of benzene rings is 1. The quantitative estimate of drug-likeness (QED) is 0.769. The Balaban J connectivity index is 1.33. The summed E-state index contributed by atoms with van der Waals surface area (Å²) >= 11 is 0. The number of nitrogens with one attached hydrogen (secondary N) is 1. The van der Waals surface area contributed by atoms with Crippen molar-refractivity contribution in [2.45, 2.75) is 26.3 Å². The second-order valence-electron chi connectivity index (χ2n) is 8.42. The molecule has 1 N–H and O–H groups in total. The van der Waals surface area contributed by atoms with Crippen LogP contribution in [0.3, 0.4) is 0 Å². The Morgan fingerprint density at radius 2 is 1.84 bits per heavy atom. The van der Waals surface area contributed by atoms with Crippen molar-refractivity contribution in [3.63, 3.8) is 0 Å². The van der Waals surface area contributed by atoms with Gasteiger partial charge in [-0.3, -0.25) is 4.79 Å². The molecule has 2 aromatic rings. The van der Waals surface area contributed by atoms with Gasteiger partial charge in [-0.15, -0.1) is 0 Å². The van der Waals surface area contributed by atoms with Gasteiger partial charge in [0, 0.05) is 44.8 Å². The van der Waals surface area contributed by atoms with Crippen LogP contribution in [0.1, 0.15) is 31.9 Å². The van der Waals surface area contributed by atoms with Crippen LogP contribution in [-0.2, 0) is 4.79 Å². The summed E-state index contributed by atoms with van der Waals surface area (Å²) in [4.78, 5) is 21.4. The zero-order chi connectivity index (χ0) is 21.6. The van der Waals surface area contributed by atoms with E-state index in [1.54, 1.807) is 0 Å². The first-order chi connectivity index (χ1) is 15.1. The fourth-order valence-electron chi connectivity index (χ4n) is 4.15. The van der Waals surface area contributed by atoms with Gasteiger partial charge in [-0.1, -0.05) is 26.0 Å². The third-order valence-corrected chi connectivity index (χ3v) is 5.88. The van der Waals surface area contributed by atoms with Crippen molar-refractivity contribution in [1.82, 2.24) is 15.2 Å². The van der Waals surface area contributed by atoms with Crippen molar-refractivity contribution >= 4 is 11.7 Å². The lowest BCUT2D eigenvalue weighted by Crippen LogP contribution is -2.51. The number of rotatable bonds is 6. The lowest BCUT2D eigenvalue weighted by Gasteiger charge is -2.36. The lowest BCUT2D eigenvalue weighted by molar-refractivity contribution is -0.130. The van der Waals surface area contributed by atoms with Crippen LogP contribution >= 0.6 is 0 Å². The molecule has 2 aliphatic rings. The summed E-state index contributed by atoms with van der Waals surface area (Å²) < 4.78 is 11.6. The molecule has 1 amide bonds. The molecule has 0 bridgehead atoms. The van der Waals surface area contributed by atoms with Crippen molar-refractivity contribution in [3.8, 4) is 11.5 Å². The zero-order valence-electron chi connectivity index (χ0n) is 18.4. The van der Waals surface area contributed by atoms with E-state index in [2.05, 4.69) is 41.2 Å². The predicted molar refractivity (Wildman–Crippen MR) is 121 cm³/mol. The van der Waals surface area contributed by atoms with Crippen molar-refractivity contribution < 1.29 is 14.3 Å². The molecule has 0 saturated carbocycles. The number of pyridine rings is 1. The average Bonchev–Trinajstić information content (AvgIpc) is 3.04. The van der Waals surface area contributed by atoms with Crippen molar-refractivity contribution in [3.05, 3.63) is 48.2 Å². The van der Waals surface area contributed by atoms with Gasteiger partial charge in [-0.05, 0) is 35.7 Å². The van der Waals surface area contributed by atoms with Gasteiger partial charge in [0.2, 0.25) is 5.91 Å². The second-order valence-corrected chi connectivity index (χ2v) is 8.42. The van der Waals surface area contributed by atoms with E-state index in [1.165, 1.54) is 0 Å². The highest BCUT2D eigenvalue weighted by atomic mass is 16.5. The van der Waals surface area contributed by atoms with Crippen LogP contribution in [0, 0.1) is 5.92 Å². The molecule has 1 fully saturated rings. The molecule has 7 nitrogen and oxygen atoms in total. The van der Waals surface area contributed by atoms with Gasteiger partial charge in [-0.25, -0.2) is 4.98 Å². The molecule has 2 aliphatic heterocycles. The molecule has 0 spiro atoms. The summed E-state index contributed by atoms with van der Waals surface area (Å²) in [6.07, 6.45) is 2.69. The smallest absolute Gasteiger partial charge is 0.236 e. The molecule has 3 heterocycles. The van der Waals surface area contributed by atoms with E-state index < -0.39 is 0 Å². The van der Waals surface area contributed by atoms with Crippen LogP contribution in [0.2, 0.25) is 0 Å². The second kappa shape index (κ2) is 10.0. The summed E-state index contributed by atoms with van der Waals surface area (Å²) in [5.74, 6) is 3.03. The third-order valence-electron chi connectivity index (χ3n) is 5.88. The summed E-state index contributed by atoms with van der Waals surface area (Å²) in [5.41, 5.74) is 1.12. The predicted octanol–water partition coefficient (Wildman–Crippen LogP) is 2.88. The number of carbonyl (C=O) groups excluding carboxylic acids is 1. The molecule has 4 rings (SSSR count). The van der Waals surface area contributed by atoms with E-state index >= 15 is 0 Å². The first-order valence-electron chi connectivity index (χ1n) is 11.2. The minimum atomic E-state index is 0.0657. The lowest BCUT2D eigenvalue weighted by atomic mass is 9.95. The monoisotopic (exact) mass is 424 g/mol. The van der Waals surface area contributed by atoms with Gasteiger partial charge in [0.05, 0.1) is 19.8 Å². The molecule has 166 valence electrons. The van der Waals surface area contributed by atoms with Gasteiger partial charge in [-0.2, -0.15) is 0 Å². The highest BCUT2D eigenvalue weighted by molar-refractivity contribution is 5.78. The SMILES string of the molecule is CC(C)[C@H](NCC(=O)N1CCN(c2ccccn2)CC1)c1ccc2c(c1)OCCCO2. The minimum Gasteiger partial charge on any atom is -0.490 e. The molecule has 1 atom stereocenters. The van der Waals surface area contributed by atoms with Crippen LogP contribution < -0.4 is 19.7 Å². The van der Waals surface area contributed by atoms with E-state index in [0.717, 1.165) is 42.4 Å². The topological polar surface area (TPSA) is 66.9 Å². The summed E-state index contributed by atoms with van der Waals surface area (Å²) in [6.45, 7) is 9.03. The normalized spacial score (nSPS) is 17.4. The Labute approximate surface area is 184 Å². The summed E-state index contributed by atoms with van der Waals surface area (Å²) in [7, 11) is 0. The standard InChI is InChI=1S/C24H32N4O3/c1-18(2)24(19-7-8-20-21(16-19)31-15-5-14-30-20)26-17-23(29)28-12-10-27(11-13-28)22-6-3-4-9-25-22/h3-4,6-9,16,18,24,26H,5,10-15,17H2,1-2H3/t24-/m0/s1. The van der Waals surface area contributed by atoms with Crippen LogP contribution in [-0.4, -0.2) is 61.7 Å². The Morgan fingerprint density at radius 1 is 1.06 bits per heavy atom. The number of piperazine rings is 1. The fraction of sp³-hybridized carbons (Fsp3) is 0.500. The fourth-order valence-corrected chi connectivity index (χ4v) is 4.15. The van der Waals surface area contributed by atoms with Crippen molar-refractivity contribution in [2.24, 2.45) is 5.92 Å².